The van der Waals surface area contributed by atoms with Crippen LogP contribution in [0.3, 0.4) is 0 Å². The van der Waals surface area contributed by atoms with Crippen molar-refractivity contribution < 1.29 is 29.9 Å². The fourth-order valence-electron chi connectivity index (χ4n) is 4.42. The Morgan fingerprint density at radius 1 is 0.611 bits per heavy atom. The molecule has 4 N–H and O–H groups in total. The van der Waals surface area contributed by atoms with E-state index in [1.54, 1.807) is 26.4 Å². The Hall–Kier alpha value is -4.32. The summed E-state index contributed by atoms with van der Waals surface area (Å²) in [6.07, 6.45) is 1.70. The van der Waals surface area contributed by atoms with Crippen LogP contribution < -0.4 is 9.47 Å². The van der Waals surface area contributed by atoms with Gasteiger partial charge in [-0.15, -0.1) is 0 Å². The molecule has 1 unspecified atom stereocenters. The molecule has 4 aromatic rings. The molecule has 36 heavy (non-hydrogen) atoms. The number of methoxy groups -OCH3 is 2. The number of aryl methyl sites for hydroxylation is 2. The van der Waals surface area contributed by atoms with Crippen molar-refractivity contribution in [1.82, 2.24) is 0 Å². The second kappa shape index (κ2) is 11.0. The van der Waals surface area contributed by atoms with Gasteiger partial charge >= 0.3 is 0 Å². The highest BCUT2D eigenvalue weighted by atomic mass is 16.5. The molecule has 0 radical (unpaired) electrons. The van der Waals surface area contributed by atoms with E-state index < -0.39 is 0 Å². The molecule has 0 bridgehead atoms. The van der Waals surface area contributed by atoms with Crippen molar-refractivity contribution in [3.63, 3.8) is 0 Å². The van der Waals surface area contributed by atoms with Gasteiger partial charge in [-0.3, -0.25) is 0 Å². The summed E-state index contributed by atoms with van der Waals surface area (Å²) in [5, 5.41) is 41.3. The zero-order valence-corrected chi connectivity index (χ0v) is 20.3. The largest absolute Gasteiger partial charge is 0.504 e. The zero-order valence-electron chi connectivity index (χ0n) is 20.3. The summed E-state index contributed by atoms with van der Waals surface area (Å²) in [6, 6.07) is 23.6. The van der Waals surface area contributed by atoms with Crippen molar-refractivity contribution >= 4 is 0 Å². The molecule has 0 fully saturated rings. The molecule has 0 aromatic heterocycles. The van der Waals surface area contributed by atoms with Crippen LogP contribution in [-0.4, -0.2) is 34.6 Å². The van der Waals surface area contributed by atoms with Crippen LogP contribution in [-0.2, 0) is 19.3 Å². The highest BCUT2D eigenvalue weighted by molar-refractivity contribution is 5.52. The summed E-state index contributed by atoms with van der Waals surface area (Å²) in [5.74, 6) is 0.453. The van der Waals surface area contributed by atoms with Crippen molar-refractivity contribution in [3.8, 4) is 34.5 Å². The van der Waals surface area contributed by atoms with Crippen molar-refractivity contribution in [2.24, 2.45) is 0 Å². The second-order valence-electron chi connectivity index (χ2n) is 8.76. The number of phenols is 4. The molecule has 4 aromatic carbocycles. The van der Waals surface area contributed by atoms with Gasteiger partial charge in [0.2, 0.25) is 0 Å². The van der Waals surface area contributed by atoms with E-state index in [1.807, 2.05) is 54.6 Å². The van der Waals surface area contributed by atoms with E-state index in [1.165, 1.54) is 12.1 Å². The first kappa shape index (κ1) is 24.8. The summed E-state index contributed by atoms with van der Waals surface area (Å²) < 4.78 is 10.7. The Morgan fingerprint density at radius 3 is 1.92 bits per heavy atom. The molecule has 6 heteroatoms. The van der Waals surface area contributed by atoms with E-state index in [0.717, 1.165) is 33.8 Å². The number of hydrogen-bond acceptors (Lipinski definition) is 6. The number of benzene rings is 4. The van der Waals surface area contributed by atoms with E-state index in [2.05, 4.69) is 0 Å². The number of hydrogen-bond donors (Lipinski definition) is 4. The van der Waals surface area contributed by atoms with Gasteiger partial charge in [-0.1, -0.05) is 36.4 Å². The molecule has 186 valence electrons. The average Bonchev–Trinajstić information content (AvgIpc) is 2.90. The maximum atomic E-state index is 10.6. The first-order valence-corrected chi connectivity index (χ1v) is 11.7. The highest BCUT2D eigenvalue weighted by Gasteiger charge is 2.21. The van der Waals surface area contributed by atoms with Crippen LogP contribution in [0.25, 0.3) is 0 Å². The van der Waals surface area contributed by atoms with Gasteiger partial charge in [0.05, 0.1) is 14.2 Å². The maximum absolute atomic E-state index is 10.6. The molecule has 0 saturated carbocycles. The Labute approximate surface area is 210 Å². The van der Waals surface area contributed by atoms with Crippen LogP contribution in [0, 0.1) is 0 Å². The maximum Gasteiger partial charge on any atom is 0.160 e. The minimum absolute atomic E-state index is 0.143. The summed E-state index contributed by atoms with van der Waals surface area (Å²) in [6.45, 7) is 0. The fraction of sp³-hybridized carbons (Fsp3) is 0.200. The molecule has 0 spiro atoms. The molecule has 0 amide bonds. The smallest absolute Gasteiger partial charge is 0.160 e. The van der Waals surface area contributed by atoms with Gasteiger partial charge < -0.3 is 29.9 Å². The van der Waals surface area contributed by atoms with E-state index in [4.69, 9.17) is 9.47 Å². The Bertz CT molecular complexity index is 1350. The monoisotopic (exact) mass is 486 g/mol. The molecule has 0 aliphatic rings. The zero-order chi connectivity index (χ0) is 25.7. The molecule has 0 aliphatic heterocycles. The topological polar surface area (TPSA) is 99.4 Å². The predicted octanol–water partition coefficient (Wildman–Crippen LogP) is 5.69. The van der Waals surface area contributed by atoms with Gasteiger partial charge in [0, 0.05) is 5.92 Å². The van der Waals surface area contributed by atoms with Gasteiger partial charge in [0.15, 0.2) is 23.0 Å². The van der Waals surface area contributed by atoms with Gasteiger partial charge in [-0.2, -0.15) is 0 Å². The third-order valence-electron chi connectivity index (χ3n) is 6.39. The lowest BCUT2D eigenvalue weighted by molar-refractivity contribution is 0.398. The second-order valence-corrected chi connectivity index (χ2v) is 8.76. The van der Waals surface area contributed by atoms with Gasteiger partial charge in [-0.05, 0) is 89.5 Å². The molecule has 4 rings (SSSR count). The van der Waals surface area contributed by atoms with Crippen LogP contribution >= 0.6 is 0 Å². The molecule has 6 nitrogen and oxygen atoms in total. The molecule has 0 heterocycles. The van der Waals surface area contributed by atoms with Gasteiger partial charge in [0.25, 0.3) is 0 Å². The number of rotatable bonds is 9. The average molecular weight is 487 g/mol. The van der Waals surface area contributed by atoms with E-state index >= 15 is 0 Å². The Morgan fingerprint density at radius 2 is 1.25 bits per heavy atom. The van der Waals surface area contributed by atoms with Gasteiger partial charge in [0.1, 0.15) is 11.5 Å². The van der Waals surface area contributed by atoms with Crippen LogP contribution in [0.2, 0.25) is 0 Å². The standard InChI is InChI=1S/C30H30O6/c1-35-24-7-3-5-19(13-24)9-10-22-16-23(18-29(33)30(22)34)26(21-11-12-27(31)28(32)17-21)15-20-6-4-8-25(14-20)36-2/h3-8,11-14,16-18,26,31-34H,9-10,15H2,1-2H3. The van der Waals surface area contributed by atoms with Crippen molar-refractivity contribution in [1.29, 1.82) is 0 Å². The van der Waals surface area contributed by atoms with E-state index in [9.17, 15) is 20.4 Å². The summed E-state index contributed by atoms with van der Waals surface area (Å²) in [5.41, 5.74) is 4.20. The van der Waals surface area contributed by atoms with Crippen LogP contribution in [0.15, 0.2) is 78.9 Å². The SMILES string of the molecule is COc1cccc(CCc2cc(C(Cc3cccc(OC)c3)c3ccc(O)c(O)c3)cc(O)c2O)c1. The lowest BCUT2D eigenvalue weighted by atomic mass is 9.84. The fourth-order valence-corrected chi connectivity index (χ4v) is 4.42. The molecule has 0 saturated heterocycles. The van der Waals surface area contributed by atoms with Crippen molar-refractivity contribution in [2.75, 3.05) is 14.2 Å². The third-order valence-corrected chi connectivity index (χ3v) is 6.39. The minimum Gasteiger partial charge on any atom is -0.504 e. The number of phenolic OH excluding ortho intramolecular Hbond substituents is 4. The number of aromatic hydroxyl groups is 4. The Kier molecular flexibility index (Phi) is 7.54. The van der Waals surface area contributed by atoms with Crippen molar-refractivity contribution in [3.05, 3.63) is 107 Å². The van der Waals surface area contributed by atoms with E-state index in [0.29, 0.717) is 24.8 Å². The van der Waals surface area contributed by atoms with Crippen LogP contribution in [0.5, 0.6) is 34.5 Å². The van der Waals surface area contributed by atoms with E-state index in [-0.39, 0.29) is 28.9 Å². The molecular formula is C30H30O6. The minimum atomic E-state index is -0.273. The first-order chi connectivity index (χ1) is 17.4. The third kappa shape index (κ3) is 5.66. The quantitative estimate of drug-likeness (QED) is 0.227. The summed E-state index contributed by atoms with van der Waals surface area (Å²) in [7, 11) is 3.23. The van der Waals surface area contributed by atoms with Crippen LogP contribution in [0.4, 0.5) is 0 Å². The first-order valence-electron chi connectivity index (χ1n) is 11.7. The Balaban J connectivity index is 1.71. The normalized spacial score (nSPS) is 11.7. The predicted molar refractivity (Wildman–Crippen MR) is 138 cm³/mol. The molecular weight excluding hydrogens is 456 g/mol. The number of ether oxygens (including phenoxy) is 2. The molecule has 1 atom stereocenters. The summed E-state index contributed by atoms with van der Waals surface area (Å²) in [4.78, 5) is 0. The van der Waals surface area contributed by atoms with Gasteiger partial charge in [-0.25, -0.2) is 0 Å². The lowest BCUT2D eigenvalue weighted by Gasteiger charge is -2.21. The molecule has 0 aliphatic carbocycles. The van der Waals surface area contributed by atoms with Crippen molar-refractivity contribution in [2.45, 2.75) is 25.2 Å². The summed E-state index contributed by atoms with van der Waals surface area (Å²) >= 11 is 0. The van der Waals surface area contributed by atoms with Crippen LogP contribution in [0.1, 0.15) is 33.7 Å². The lowest BCUT2D eigenvalue weighted by Crippen LogP contribution is -2.07. The highest BCUT2D eigenvalue weighted by Crippen LogP contribution is 2.39.